The highest BCUT2D eigenvalue weighted by Crippen LogP contribution is 2.29. The van der Waals surface area contributed by atoms with E-state index in [0.29, 0.717) is 11.4 Å². The highest BCUT2D eigenvalue weighted by atomic mass is 16.5. The smallest absolute Gasteiger partial charge is 0.182 e. The van der Waals surface area contributed by atoms with Gasteiger partial charge in [0.05, 0.1) is 18.8 Å². The molecule has 0 saturated heterocycles. The lowest BCUT2D eigenvalue weighted by Crippen LogP contribution is -2.09. The van der Waals surface area contributed by atoms with E-state index in [-0.39, 0.29) is 6.04 Å². The van der Waals surface area contributed by atoms with Gasteiger partial charge in [-0.15, -0.1) is 5.10 Å². The summed E-state index contributed by atoms with van der Waals surface area (Å²) in [6, 6.07) is 5.87. The van der Waals surface area contributed by atoms with Crippen molar-refractivity contribution >= 4 is 5.69 Å². The van der Waals surface area contributed by atoms with Gasteiger partial charge >= 0.3 is 0 Å². The Kier molecular flexibility index (Phi) is 5.14. The third kappa shape index (κ3) is 3.51. The predicted octanol–water partition coefficient (Wildman–Crippen LogP) is 3.07. The van der Waals surface area contributed by atoms with Crippen LogP contribution >= 0.6 is 0 Å². The second-order valence-corrected chi connectivity index (χ2v) is 5.25. The van der Waals surface area contributed by atoms with Crippen LogP contribution in [0.5, 0.6) is 5.75 Å². The van der Waals surface area contributed by atoms with E-state index < -0.39 is 0 Å². The number of anilines is 1. The molecule has 1 heterocycles. The van der Waals surface area contributed by atoms with Crippen LogP contribution in [0.3, 0.4) is 0 Å². The van der Waals surface area contributed by atoms with Crippen LogP contribution in [-0.4, -0.2) is 27.3 Å². The maximum absolute atomic E-state index is 5.85. The molecule has 0 aliphatic rings. The summed E-state index contributed by atoms with van der Waals surface area (Å²) in [6.45, 7) is 4.35. The zero-order valence-corrected chi connectivity index (χ0v) is 12.9. The van der Waals surface area contributed by atoms with Gasteiger partial charge in [-0.05, 0) is 42.0 Å². The molecule has 1 aromatic carbocycles. The van der Waals surface area contributed by atoms with E-state index in [9.17, 15) is 0 Å². The van der Waals surface area contributed by atoms with Crippen molar-refractivity contribution in [1.82, 2.24) is 20.2 Å². The summed E-state index contributed by atoms with van der Waals surface area (Å²) in [7, 11) is 1.60. The monoisotopic (exact) mass is 289 g/mol. The van der Waals surface area contributed by atoms with Crippen LogP contribution in [0.25, 0.3) is 11.4 Å². The van der Waals surface area contributed by atoms with Crippen LogP contribution in [0.15, 0.2) is 18.2 Å². The normalized spacial score (nSPS) is 12.3. The molecular weight excluding hydrogens is 266 g/mol. The first kappa shape index (κ1) is 15.3. The molecule has 1 atom stereocenters. The van der Waals surface area contributed by atoms with Gasteiger partial charge in [0, 0.05) is 5.56 Å². The third-order valence-electron chi connectivity index (χ3n) is 3.63. The Balaban J connectivity index is 2.23. The van der Waals surface area contributed by atoms with Gasteiger partial charge < -0.3 is 10.5 Å². The fourth-order valence-corrected chi connectivity index (χ4v) is 2.34. The van der Waals surface area contributed by atoms with Gasteiger partial charge in [0.1, 0.15) is 5.75 Å². The molecule has 0 aliphatic heterocycles. The summed E-state index contributed by atoms with van der Waals surface area (Å²) in [5.41, 5.74) is 7.37. The van der Waals surface area contributed by atoms with Gasteiger partial charge in [0.15, 0.2) is 5.82 Å². The van der Waals surface area contributed by atoms with Gasteiger partial charge in [0.25, 0.3) is 0 Å². The summed E-state index contributed by atoms with van der Waals surface area (Å²) in [6.07, 6.45) is 4.70. The minimum Gasteiger partial charge on any atom is -0.495 e. The SMILES string of the molecule is CCCCCC(C)n1nnnc1-c1ccc(N)c(OC)c1. The average molecular weight is 289 g/mol. The van der Waals surface area contributed by atoms with Crippen LogP contribution in [0, 0.1) is 0 Å². The first-order valence-electron chi connectivity index (χ1n) is 7.39. The summed E-state index contributed by atoms with van der Waals surface area (Å²) < 4.78 is 7.14. The molecule has 6 nitrogen and oxygen atoms in total. The van der Waals surface area contributed by atoms with Gasteiger partial charge in [0.2, 0.25) is 0 Å². The maximum atomic E-state index is 5.85. The van der Waals surface area contributed by atoms with Crippen molar-refractivity contribution in [2.45, 2.75) is 45.6 Å². The van der Waals surface area contributed by atoms with Crippen molar-refractivity contribution in [3.63, 3.8) is 0 Å². The molecule has 0 saturated carbocycles. The standard InChI is InChI=1S/C15H23N5O/c1-4-5-6-7-11(2)20-15(17-18-19-20)12-8-9-13(16)14(10-12)21-3/h8-11H,4-7,16H2,1-3H3. The fraction of sp³-hybridized carbons (Fsp3) is 0.533. The van der Waals surface area contributed by atoms with E-state index in [0.717, 1.165) is 17.8 Å². The van der Waals surface area contributed by atoms with E-state index in [2.05, 4.69) is 29.4 Å². The average Bonchev–Trinajstić information content (AvgIpc) is 2.97. The fourth-order valence-electron chi connectivity index (χ4n) is 2.34. The molecule has 2 N–H and O–H groups in total. The number of ether oxygens (including phenoxy) is 1. The largest absolute Gasteiger partial charge is 0.495 e. The van der Waals surface area contributed by atoms with Gasteiger partial charge in [-0.3, -0.25) is 0 Å². The minimum atomic E-state index is 0.269. The topological polar surface area (TPSA) is 78.9 Å². The number of nitrogen functional groups attached to an aromatic ring is 1. The number of methoxy groups -OCH3 is 1. The van der Waals surface area contributed by atoms with Crippen LogP contribution in [0.2, 0.25) is 0 Å². The lowest BCUT2D eigenvalue weighted by atomic mass is 10.1. The Morgan fingerprint density at radius 2 is 2.14 bits per heavy atom. The maximum Gasteiger partial charge on any atom is 0.182 e. The molecule has 1 unspecified atom stereocenters. The minimum absolute atomic E-state index is 0.269. The Morgan fingerprint density at radius 3 is 2.86 bits per heavy atom. The Labute approximate surface area is 125 Å². The molecule has 21 heavy (non-hydrogen) atoms. The Morgan fingerprint density at radius 1 is 1.33 bits per heavy atom. The first-order valence-corrected chi connectivity index (χ1v) is 7.39. The summed E-state index contributed by atoms with van der Waals surface area (Å²) >= 11 is 0. The molecular formula is C15H23N5O. The predicted molar refractivity (Wildman–Crippen MR) is 83.1 cm³/mol. The van der Waals surface area contributed by atoms with E-state index in [1.165, 1.54) is 19.3 Å². The van der Waals surface area contributed by atoms with Crippen molar-refractivity contribution in [2.24, 2.45) is 0 Å². The summed E-state index contributed by atoms with van der Waals surface area (Å²) in [5.74, 6) is 1.39. The Hall–Kier alpha value is -2.11. The second-order valence-electron chi connectivity index (χ2n) is 5.25. The van der Waals surface area contributed by atoms with Crippen molar-refractivity contribution in [3.05, 3.63) is 18.2 Å². The molecule has 0 aliphatic carbocycles. The van der Waals surface area contributed by atoms with Crippen molar-refractivity contribution in [1.29, 1.82) is 0 Å². The number of aromatic nitrogens is 4. The molecule has 1 aromatic heterocycles. The van der Waals surface area contributed by atoms with Gasteiger partial charge in [-0.25, -0.2) is 4.68 Å². The number of nitrogens with zero attached hydrogens (tertiary/aromatic N) is 4. The number of tetrazole rings is 1. The number of benzene rings is 1. The third-order valence-corrected chi connectivity index (χ3v) is 3.63. The summed E-state index contributed by atoms with van der Waals surface area (Å²) in [5, 5.41) is 12.1. The lowest BCUT2D eigenvalue weighted by Gasteiger charge is -2.14. The number of nitrogens with two attached hydrogens (primary N) is 1. The molecule has 114 valence electrons. The summed E-state index contributed by atoms with van der Waals surface area (Å²) in [4.78, 5) is 0. The highest BCUT2D eigenvalue weighted by molar-refractivity contribution is 5.65. The molecule has 2 aromatic rings. The number of rotatable bonds is 7. The molecule has 0 amide bonds. The number of hydrogen-bond donors (Lipinski definition) is 1. The van der Waals surface area contributed by atoms with Crippen LogP contribution < -0.4 is 10.5 Å². The van der Waals surface area contributed by atoms with Gasteiger partial charge in [-0.1, -0.05) is 26.2 Å². The van der Waals surface area contributed by atoms with Crippen molar-refractivity contribution in [3.8, 4) is 17.1 Å². The lowest BCUT2D eigenvalue weighted by molar-refractivity contribution is 0.416. The Bertz CT molecular complexity index is 581. The molecule has 0 fully saturated rings. The van der Waals surface area contributed by atoms with Crippen LogP contribution in [0.4, 0.5) is 5.69 Å². The molecule has 0 bridgehead atoms. The van der Waals surface area contributed by atoms with Crippen LogP contribution in [0.1, 0.15) is 45.6 Å². The zero-order chi connectivity index (χ0) is 15.2. The van der Waals surface area contributed by atoms with E-state index in [4.69, 9.17) is 10.5 Å². The van der Waals surface area contributed by atoms with E-state index in [1.807, 2.05) is 22.9 Å². The molecule has 0 spiro atoms. The molecule has 0 radical (unpaired) electrons. The molecule has 6 heteroatoms. The number of unbranched alkanes of at least 4 members (excludes halogenated alkanes) is 2. The molecule has 2 rings (SSSR count). The second kappa shape index (κ2) is 7.06. The first-order chi connectivity index (χ1) is 10.2. The van der Waals surface area contributed by atoms with Gasteiger partial charge in [-0.2, -0.15) is 0 Å². The highest BCUT2D eigenvalue weighted by Gasteiger charge is 2.15. The van der Waals surface area contributed by atoms with Crippen molar-refractivity contribution < 1.29 is 4.74 Å². The zero-order valence-electron chi connectivity index (χ0n) is 12.9. The van der Waals surface area contributed by atoms with E-state index in [1.54, 1.807) is 7.11 Å². The quantitative estimate of drug-likeness (QED) is 0.626. The van der Waals surface area contributed by atoms with Crippen LogP contribution in [-0.2, 0) is 0 Å². The number of hydrogen-bond acceptors (Lipinski definition) is 5. The van der Waals surface area contributed by atoms with E-state index >= 15 is 0 Å². The van der Waals surface area contributed by atoms with Crippen molar-refractivity contribution in [2.75, 3.05) is 12.8 Å².